The fourth-order valence-corrected chi connectivity index (χ4v) is 2.17. The number of benzene rings is 1. The third kappa shape index (κ3) is 4.19. The zero-order valence-electron chi connectivity index (χ0n) is 14.2. The minimum absolute atomic E-state index is 0.350. The van der Waals surface area contributed by atoms with Gasteiger partial charge in [-0.3, -0.25) is 9.59 Å². The van der Waals surface area contributed by atoms with Gasteiger partial charge >= 0.3 is 11.9 Å². The molecular formula is C19H21NO4. The predicted octanol–water partition coefficient (Wildman–Crippen LogP) is 3.98. The highest BCUT2D eigenvalue weighted by Crippen LogP contribution is 2.23. The summed E-state index contributed by atoms with van der Waals surface area (Å²) in [6.45, 7) is 6.42. The molecule has 0 aliphatic carbocycles. The molecule has 0 aliphatic heterocycles. The van der Waals surface area contributed by atoms with Crippen molar-refractivity contribution in [3.63, 3.8) is 0 Å². The van der Waals surface area contributed by atoms with Crippen molar-refractivity contribution < 1.29 is 19.4 Å². The molecule has 0 fully saturated rings. The van der Waals surface area contributed by atoms with Crippen molar-refractivity contribution in [1.82, 2.24) is 4.98 Å². The van der Waals surface area contributed by atoms with Gasteiger partial charge in [0.25, 0.3) is 0 Å². The Labute approximate surface area is 141 Å². The van der Waals surface area contributed by atoms with Crippen LogP contribution in [0.15, 0.2) is 36.4 Å². The monoisotopic (exact) mass is 327 g/mol. The Hall–Kier alpha value is -2.69. The van der Waals surface area contributed by atoms with E-state index < -0.39 is 17.5 Å². The number of nitrogens with zero attached hydrogens (tertiary/aromatic N) is 1. The van der Waals surface area contributed by atoms with Crippen molar-refractivity contribution in [2.75, 3.05) is 0 Å². The molecule has 24 heavy (non-hydrogen) atoms. The summed E-state index contributed by atoms with van der Waals surface area (Å²) in [7, 11) is 0. The lowest BCUT2D eigenvalue weighted by molar-refractivity contribution is -0.146. The summed E-state index contributed by atoms with van der Waals surface area (Å²) in [4.78, 5) is 26.8. The fourth-order valence-electron chi connectivity index (χ4n) is 2.17. The molecule has 1 aromatic heterocycles. The summed E-state index contributed by atoms with van der Waals surface area (Å²) in [6.07, 6.45) is 3.01. The van der Waals surface area contributed by atoms with E-state index in [0.717, 1.165) is 16.5 Å². The fraction of sp³-hybridized carbons (Fsp3) is 0.316. The van der Waals surface area contributed by atoms with Crippen LogP contribution in [0.3, 0.4) is 0 Å². The highest BCUT2D eigenvalue weighted by atomic mass is 16.5. The Balaban J connectivity index is 2.33. The molecule has 1 aromatic carbocycles. The zero-order valence-corrected chi connectivity index (χ0v) is 14.2. The second-order valence-electron chi connectivity index (χ2n) is 6.30. The van der Waals surface area contributed by atoms with Crippen molar-refractivity contribution in [3.8, 4) is 0 Å². The predicted molar refractivity (Wildman–Crippen MR) is 92.4 cm³/mol. The molecule has 2 rings (SSSR count). The van der Waals surface area contributed by atoms with Crippen LogP contribution in [0.25, 0.3) is 17.0 Å². The number of carboxylic acid groups (broad SMARTS) is 1. The van der Waals surface area contributed by atoms with Crippen molar-refractivity contribution in [2.45, 2.75) is 33.8 Å². The first kappa shape index (κ1) is 17.7. The van der Waals surface area contributed by atoms with Crippen LogP contribution in [0.2, 0.25) is 0 Å². The number of aromatic nitrogens is 1. The maximum absolute atomic E-state index is 11.2. The molecule has 0 saturated heterocycles. The molecule has 0 radical (unpaired) electrons. The molecule has 1 N–H and O–H groups in total. The Morgan fingerprint density at radius 1 is 1.25 bits per heavy atom. The van der Waals surface area contributed by atoms with Crippen LogP contribution in [0, 0.1) is 5.41 Å². The van der Waals surface area contributed by atoms with Gasteiger partial charge in [-0.15, -0.1) is 0 Å². The van der Waals surface area contributed by atoms with Gasteiger partial charge in [-0.2, -0.15) is 0 Å². The summed E-state index contributed by atoms with van der Waals surface area (Å²) in [6, 6.07) is 9.47. The summed E-state index contributed by atoms with van der Waals surface area (Å²) in [5.74, 6) is -1.23. The molecule has 0 aliphatic rings. The van der Waals surface area contributed by atoms with Crippen molar-refractivity contribution in [2.24, 2.45) is 5.41 Å². The lowest BCUT2D eigenvalue weighted by Crippen LogP contribution is -2.20. The number of carbonyl (C=O) groups excluding carboxylic acids is 1. The maximum Gasteiger partial charge on any atom is 0.312 e. The second kappa shape index (κ2) is 6.83. The van der Waals surface area contributed by atoms with Crippen molar-refractivity contribution in [1.29, 1.82) is 0 Å². The Bertz CT molecular complexity index is 808. The lowest BCUT2D eigenvalue weighted by Gasteiger charge is -2.13. The average Bonchev–Trinajstić information content (AvgIpc) is 2.51. The molecule has 0 amide bonds. The summed E-state index contributed by atoms with van der Waals surface area (Å²) >= 11 is 0. The molecule has 5 nitrogen and oxygen atoms in total. The van der Waals surface area contributed by atoms with Gasteiger partial charge in [0, 0.05) is 12.3 Å². The molecule has 0 spiro atoms. The van der Waals surface area contributed by atoms with Crippen LogP contribution in [-0.4, -0.2) is 22.0 Å². The van der Waals surface area contributed by atoms with Crippen LogP contribution >= 0.6 is 0 Å². The number of hydrogen-bond acceptors (Lipinski definition) is 4. The van der Waals surface area contributed by atoms with Gasteiger partial charge in [0.15, 0.2) is 0 Å². The van der Waals surface area contributed by atoms with Gasteiger partial charge in [0.1, 0.15) is 6.10 Å². The van der Waals surface area contributed by atoms with E-state index in [4.69, 9.17) is 9.84 Å². The van der Waals surface area contributed by atoms with Gasteiger partial charge in [-0.1, -0.05) is 30.4 Å². The minimum atomic E-state index is -0.936. The maximum atomic E-state index is 11.2. The van der Waals surface area contributed by atoms with Crippen LogP contribution in [0.1, 0.15) is 45.1 Å². The minimum Gasteiger partial charge on any atom is -0.481 e. The van der Waals surface area contributed by atoms with Crippen LogP contribution in [0.4, 0.5) is 0 Å². The first-order valence-corrected chi connectivity index (χ1v) is 7.69. The van der Waals surface area contributed by atoms with Crippen LogP contribution in [0.5, 0.6) is 0 Å². The van der Waals surface area contributed by atoms with Gasteiger partial charge in [-0.25, -0.2) is 4.98 Å². The first-order chi connectivity index (χ1) is 11.2. The number of fused-ring (bicyclic) bond motifs is 1. The van der Waals surface area contributed by atoms with Gasteiger partial charge in [-0.05, 0) is 38.5 Å². The molecule has 2 aromatic rings. The van der Waals surface area contributed by atoms with Crippen LogP contribution < -0.4 is 0 Å². The molecule has 1 unspecified atom stereocenters. The topological polar surface area (TPSA) is 76.5 Å². The number of carboxylic acids is 1. The van der Waals surface area contributed by atoms with E-state index in [1.54, 1.807) is 32.9 Å². The van der Waals surface area contributed by atoms with E-state index >= 15 is 0 Å². The van der Waals surface area contributed by atoms with E-state index in [9.17, 15) is 9.59 Å². The molecule has 126 valence electrons. The summed E-state index contributed by atoms with van der Waals surface area (Å²) in [5, 5.41) is 10.1. The molecule has 0 saturated carbocycles. The van der Waals surface area contributed by atoms with E-state index in [-0.39, 0.29) is 5.97 Å². The SMILES string of the molecule is CC(=O)OC(C)c1ccc2ccc(C=CC(C)(C)C(=O)O)cc2n1. The number of carbonyl (C=O) groups is 2. The molecule has 1 atom stereocenters. The third-order valence-corrected chi connectivity index (χ3v) is 3.74. The van der Waals surface area contributed by atoms with Crippen molar-refractivity contribution >= 4 is 28.9 Å². The summed E-state index contributed by atoms with van der Waals surface area (Å²) in [5.41, 5.74) is 1.36. The van der Waals surface area contributed by atoms with Crippen molar-refractivity contribution in [3.05, 3.63) is 47.7 Å². The van der Waals surface area contributed by atoms with E-state index in [0.29, 0.717) is 5.69 Å². The molecule has 5 heteroatoms. The number of pyridine rings is 1. The standard InChI is InChI=1S/C19H21NO4/c1-12(24-13(2)21)16-8-7-15-6-5-14(11-17(15)20-16)9-10-19(3,4)18(22)23/h5-12H,1-4H3,(H,22,23). The highest BCUT2D eigenvalue weighted by molar-refractivity contribution is 5.82. The highest BCUT2D eigenvalue weighted by Gasteiger charge is 2.23. The van der Waals surface area contributed by atoms with E-state index in [1.165, 1.54) is 6.92 Å². The van der Waals surface area contributed by atoms with Crippen LogP contribution in [-0.2, 0) is 14.3 Å². The van der Waals surface area contributed by atoms with Gasteiger partial charge < -0.3 is 9.84 Å². The normalized spacial score (nSPS) is 13.2. The van der Waals surface area contributed by atoms with Gasteiger partial charge in [0.2, 0.25) is 0 Å². The Morgan fingerprint density at radius 2 is 1.92 bits per heavy atom. The number of aliphatic carboxylic acids is 1. The Morgan fingerprint density at radius 3 is 2.54 bits per heavy atom. The number of hydrogen-bond donors (Lipinski definition) is 1. The zero-order chi connectivity index (χ0) is 17.9. The van der Waals surface area contributed by atoms with E-state index in [1.807, 2.05) is 30.3 Å². The first-order valence-electron chi connectivity index (χ1n) is 7.69. The molecular weight excluding hydrogens is 306 g/mol. The Kier molecular flexibility index (Phi) is 5.02. The summed E-state index contributed by atoms with van der Waals surface area (Å²) < 4.78 is 5.15. The largest absolute Gasteiger partial charge is 0.481 e. The average molecular weight is 327 g/mol. The quantitative estimate of drug-likeness (QED) is 0.841. The molecule has 0 bridgehead atoms. The third-order valence-electron chi connectivity index (χ3n) is 3.74. The van der Waals surface area contributed by atoms with E-state index in [2.05, 4.69) is 4.98 Å². The second-order valence-corrected chi connectivity index (χ2v) is 6.30. The lowest BCUT2D eigenvalue weighted by atomic mass is 9.92. The van der Waals surface area contributed by atoms with Gasteiger partial charge in [0.05, 0.1) is 16.6 Å². The molecule has 1 heterocycles. The number of rotatable bonds is 5. The number of esters is 1. The number of ether oxygens (including phenoxy) is 1. The smallest absolute Gasteiger partial charge is 0.312 e.